The lowest BCUT2D eigenvalue weighted by molar-refractivity contribution is 0.0593. The average Bonchev–Trinajstić information content (AvgIpc) is 2.86. The van der Waals surface area contributed by atoms with Gasteiger partial charge in [0, 0.05) is 19.1 Å². The lowest BCUT2D eigenvalue weighted by Crippen LogP contribution is -2.36. The fourth-order valence-electron chi connectivity index (χ4n) is 2.08. The van der Waals surface area contributed by atoms with E-state index in [-0.39, 0.29) is 11.7 Å². The minimum absolute atomic E-state index is 0.229. The van der Waals surface area contributed by atoms with Gasteiger partial charge in [-0.3, -0.25) is 4.98 Å². The molecule has 0 radical (unpaired) electrons. The molecule has 2 heterocycles. The standard InChI is InChI=1S/C11H16N4O2/c1-17-11(16)9-6-13-7-10(14-9)15-4-2-3-8(15)5-12/h6-8H,2-5,12H2,1H3. The van der Waals surface area contributed by atoms with E-state index in [2.05, 4.69) is 19.6 Å². The highest BCUT2D eigenvalue weighted by atomic mass is 16.5. The molecule has 1 aliphatic heterocycles. The van der Waals surface area contributed by atoms with Gasteiger partial charge in [-0.05, 0) is 12.8 Å². The molecule has 6 heteroatoms. The highest BCUT2D eigenvalue weighted by Crippen LogP contribution is 2.22. The topological polar surface area (TPSA) is 81.3 Å². The van der Waals surface area contributed by atoms with Crippen LogP contribution in [0.3, 0.4) is 0 Å². The summed E-state index contributed by atoms with van der Waals surface area (Å²) < 4.78 is 4.62. The second-order valence-corrected chi connectivity index (χ2v) is 3.98. The van der Waals surface area contributed by atoms with Crippen LogP contribution in [-0.2, 0) is 4.74 Å². The Balaban J connectivity index is 2.23. The van der Waals surface area contributed by atoms with E-state index in [1.54, 1.807) is 6.20 Å². The van der Waals surface area contributed by atoms with E-state index < -0.39 is 5.97 Å². The van der Waals surface area contributed by atoms with Crippen molar-refractivity contribution in [1.82, 2.24) is 9.97 Å². The van der Waals surface area contributed by atoms with E-state index in [9.17, 15) is 4.79 Å². The van der Waals surface area contributed by atoms with Crippen molar-refractivity contribution in [1.29, 1.82) is 0 Å². The maximum atomic E-state index is 11.4. The Labute approximate surface area is 99.8 Å². The van der Waals surface area contributed by atoms with Gasteiger partial charge >= 0.3 is 5.97 Å². The highest BCUT2D eigenvalue weighted by molar-refractivity contribution is 5.87. The van der Waals surface area contributed by atoms with E-state index in [1.165, 1.54) is 13.3 Å². The van der Waals surface area contributed by atoms with Gasteiger partial charge in [-0.1, -0.05) is 0 Å². The monoisotopic (exact) mass is 236 g/mol. The predicted molar refractivity (Wildman–Crippen MR) is 62.8 cm³/mol. The van der Waals surface area contributed by atoms with Crippen molar-refractivity contribution in [2.75, 3.05) is 25.1 Å². The third-order valence-corrected chi connectivity index (χ3v) is 2.96. The first-order valence-corrected chi connectivity index (χ1v) is 5.63. The van der Waals surface area contributed by atoms with E-state index in [4.69, 9.17) is 5.73 Å². The zero-order valence-corrected chi connectivity index (χ0v) is 9.80. The average molecular weight is 236 g/mol. The summed E-state index contributed by atoms with van der Waals surface area (Å²) in [6.07, 6.45) is 5.20. The molecule has 1 aromatic rings. The Morgan fingerprint density at radius 2 is 2.47 bits per heavy atom. The molecule has 0 saturated carbocycles. The van der Waals surface area contributed by atoms with Gasteiger partial charge in [0.15, 0.2) is 5.69 Å². The molecular weight excluding hydrogens is 220 g/mol. The lowest BCUT2D eigenvalue weighted by atomic mass is 10.2. The van der Waals surface area contributed by atoms with Crippen LogP contribution in [0.4, 0.5) is 5.82 Å². The van der Waals surface area contributed by atoms with Crippen LogP contribution in [0.25, 0.3) is 0 Å². The van der Waals surface area contributed by atoms with Gasteiger partial charge in [0.05, 0.1) is 19.5 Å². The minimum Gasteiger partial charge on any atom is -0.464 e. The molecule has 0 amide bonds. The summed E-state index contributed by atoms with van der Waals surface area (Å²) in [6, 6.07) is 0.289. The molecule has 1 unspecified atom stereocenters. The van der Waals surface area contributed by atoms with Crippen LogP contribution >= 0.6 is 0 Å². The van der Waals surface area contributed by atoms with Gasteiger partial charge in [-0.2, -0.15) is 0 Å². The van der Waals surface area contributed by atoms with E-state index in [0.717, 1.165) is 19.4 Å². The van der Waals surface area contributed by atoms with Crippen molar-refractivity contribution >= 4 is 11.8 Å². The molecule has 17 heavy (non-hydrogen) atoms. The molecule has 1 aromatic heterocycles. The Kier molecular flexibility index (Phi) is 3.53. The van der Waals surface area contributed by atoms with Crippen LogP contribution in [0, 0.1) is 0 Å². The quantitative estimate of drug-likeness (QED) is 0.754. The van der Waals surface area contributed by atoms with Crippen LogP contribution in [0.5, 0.6) is 0 Å². The second kappa shape index (κ2) is 5.09. The van der Waals surface area contributed by atoms with E-state index in [1.807, 2.05) is 0 Å². The third kappa shape index (κ3) is 2.36. The summed E-state index contributed by atoms with van der Waals surface area (Å²) in [6.45, 7) is 1.49. The Morgan fingerprint density at radius 3 is 3.18 bits per heavy atom. The number of carbonyl (C=O) groups excluding carboxylic acids is 1. The molecule has 0 aromatic carbocycles. The van der Waals surface area contributed by atoms with Crippen LogP contribution in [-0.4, -0.2) is 42.2 Å². The summed E-state index contributed by atoms with van der Waals surface area (Å²) in [4.78, 5) is 21.7. The molecule has 2 rings (SSSR count). The van der Waals surface area contributed by atoms with Crippen molar-refractivity contribution in [2.45, 2.75) is 18.9 Å². The van der Waals surface area contributed by atoms with Crippen molar-refractivity contribution in [3.63, 3.8) is 0 Å². The maximum Gasteiger partial charge on any atom is 0.358 e. The van der Waals surface area contributed by atoms with E-state index >= 15 is 0 Å². The van der Waals surface area contributed by atoms with Gasteiger partial charge in [-0.15, -0.1) is 0 Å². The number of ether oxygens (including phenoxy) is 1. The first-order chi connectivity index (χ1) is 8.26. The zero-order valence-electron chi connectivity index (χ0n) is 9.80. The molecule has 1 saturated heterocycles. The number of hydrogen-bond acceptors (Lipinski definition) is 6. The lowest BCUT2D eigenvalue weighted by Gasteiger charge is -2.24. The van der Waals surface area contributed by atoms with Gasteiger partial charge < -0.3 is 15.4 Å². The maximum absolute atomic E-state index is 11.4. The predicted octanol–water partition coefficient (Wildman–Crippen LogP) is 0.191. The van der Waals surface area contributed by atoms with Crippen molar-refractivity contribution in [3.8, 4) is 0 Å². The van der Waals surface area contributed by atoms with Crippen LogP contribution in [0.2, 0.25) is 0 Å². The molecular formula is C11H16N4O2. The smallest absolute Gasteiger partial charge is 0.358 e. The molecule has 1 aliphatic rings. The number of anilines is 1. The molecule has 2 N–H and O–H groups in total. The number of carbonyl (C=O) groups is 1. The Hall–Kier alpha value is -1.69. The number of nitrogens with two attached hydrogens (primary N) is 1. The number of aromatic nitrogens is 2. The van der Waals surface area contributed by atoms with Crippen molar-refractivity contribution < 1.29 is 9.53 Å². The van der Waals surface area contributed by atoms with Gasteiger partial charge in [0.2, 0.25) is 0 Å². The summed E-state index contributed by atoms with van der Waals surface area (Å²) >= 11 is 0. The van der Waals surface area contributed by atoms with E-state index in [0.29, 0.717) is 12.4 Å². The zero-order chi connectivity index (χ0) is 12.3. The third-order valence-electron chi connectivity index (χ3n) is 2.96. The van der Waals surface area contributed by atoms with Crippen molar-refractivity contribution in [3.05, 3.63) is 18.1 Å². The Morgan fingerprint density at radius 1 is 1.65 bits per heavy atom. The second-order valence-electron chi connectivity index (χ2n) is 3.98. The minimum atomic E-state index is -0.470. The van der Waals surface area contributed by atoms with Gasteiger partial charge in [-0.25, -0.2) is 9.78 Å². The molecule has 92 valence electrons. The molecule has 0 bridgehead atoms. The van der Waals surface area contributed by atoms with Crippen LogP contribution < -0.4 is 10.6 Å². The molecule has 0 aliphatic carbocycles. The van der Waals surface area contributed by atoms with Gasteiger partial charge in [0.1, 0.15) is 5.82 Å². The summed E-state index contributed by atoms with van der Waals surface area (Å²) in [5.74, 6) is 0.226. The van der Waals surface area contributed by atoms with Crippen molar-refractivity contribution in [2.24, 2.45) is 5.73 Å². The summed E-state index contributed by atoms with van der Waals surface area (Å²) in [5.41, 5.74) is 5.93. The van der Waals surface area contributed by atoms with Crippen LogP contribution in [0.15, 0.2) is 12.4 Å². The van der Waals surface area contributed by atoms with Gasteiger partial charge in [0.25, 0.3) is 0 Å². The summed E-state index contributed by atoms with van der Waals surface area (Å²) in [5, 5.41) is 0. The number of hydrogen-bond donors (Lipinski definition) is 1. The number of rotatable bonds is 3. The SMILES string of the molecule is COC(=O)c1cncc(N2CCCC2CN)n1. The Bertz CT molecular complexity index is 410. The van der Waals surface area contributed by atoms with Crippen LogP contribution in [0.1, 0.15) is 23.3 Å². The molecule has 1 fully saturated rings. The number of nitrogens with zero attached hydrogens (tertiary/aromatic N) is 3. The normalized spacial score (nSPS) is 19.4. The molecule has 6 nitrogen and oxygen atoms in total. The number of esters is 1. The molecule has 1 atom stereocenters. The highest BCUT2D eigenvalue weighted by Gasteiger charge is 2.25. The fourth-order valence-corrected chi connectivity index (χ4v) is 2.08. The first kappa shape index (κ1) is 11.8. The first-order valence-electron chi connectivity index (χ1n) is 5.63. The largest absolute Gasteiger partial charge is 0.464 e. The number of methoxy groups -OCH3 is 1. The fraction of sp³-hybridized carbons (Fsp3) is 0.545. The summed E-state index contributed by atoms with van der Waals surface area (Å²) in [7, 11) is 1.33. The molecule has 0 spiro atoms.